The number of carbonyl (C=O) groups is 1. The minimum absolute atomic E-state index is 0.118. The fourth-order valence-electron chi connectivity index (χ4n) is 3.45. The first kappa shape index (κ1) is 15.8. The first-order chi connectivity index (χ1) is 12.1. The van der Waals surface area contributed by atoms with Crippen LogP contribution in [0.25, 0.3) is 22.6 Å². The van der Waals surface area contributed by atoms with Crippen LogP contribution >= 0.6 is 0 Å². The number of rotatable bonds is 4. The highest BCUT2D eigenvalue weighted by Crippen LogP contribution is 2.40. The van der Waals surface area contributed by atoms with Crippen molar-refractivity contribution in [3.05, 3.63) is 42.1 Å². The van der Waals surface area contributed by atoms with Gasteiger partial charge in [0.2, 0.25) is 5.91 Å². The number of pyridine rings is 1. The number of anilines is 1. The van der Waals surface area contributed by atoms with Gasteiger partial charge in [-0.3, -0.25) is 9.78 Å². The Labute approximate surface area is 146 Å². The molecule has 3 aromatic rings. The Bertz CT molecular complexity index is 949. The molecule has 0 fully saturated rings. The fraction of sp³-hybridized carbons (Fsp3) is 0.316. The quantitative estimate of drug-likeness (QED) is 0.735. The lowest BCUT2D eigenvalue weighted by molar-refractivity contribution is -0.119. The Hall–Kier alpha value is -2.73. The van der Waals surface area contributed by atoms with E-state index in [1.165, 1.54) is 0 Å². The van der Waals surface area contributed by atoms with E-state index in [0.717, 1.165) is 33.8 Å². The third-order valence-electron chi connectivity index (χ3n) is 4.84. The summed E-state index contributed by atoms with van der Waals surface area (Å²) in [5, 5.41) is 0. The lowest BCUT2D eigenvalue weighted by atomic mass is 10.0. The zero-order valence-corrected chi connectivity index (χ0v) is 14.6. The maximum atomic E-state index is 12.6. The van der Waals surface area contributed by atoms with Crippen LogP contribution in [0.5, 0.6) is 0 Å². The highest BCUT2D eigenvalue weighted by atomic mass is 16.5. The summed E-state index contributed by atoms with van der Waals surface area (Å²) in [6.07, 6.45) is 1.77. The van der Waals surface area contributed by atoms with Gasteiger partial charge >= 0.3 is 0 Å². The van der Waals surface area contributed by atoms with Gasteiger partial charge < -0.3 is 14.2 Å². The molecule has 2 aromatic heterocycles. The summed E-state index contributed by atoms with van der Waals surface area (Å²) < 4.78 is 7.18. The molecule has 0 spiro atoms. The van der Waals surface area contributed by atoms with Crippen LogP contribution in [-0.4, -0.2) is 40.7 Å². The van der Waals surface area contributed by atoms with Crippen molar-refractivity contribution in [3.63, 3.8) is 0 Å². The molecule has 1 aliphatic rings. The Balaban J connectivity index is 1.86. The number of hydrogen-bond acceptors (Lipinski definition) is 4. The van der Waals surface area contributed by atoms with Crippen LogP contribution in [0.1, 0.15) is 18.4 Å². The molecule has 0 N–H and O–H groups in total. The van der Waals surface area contributed by atoms with Crippen molar-refractivity contribution in [3.8, 4) is 11.5 Å². The second-order valence-corrected chi connectivity index (χ2v) is 6.31. The van der Waals surface area contributed by atoms with Crippen molar-refractivity contribution in [1.29, 1.82) is 0 Å². The highest BCUT2D eigenvalue weighted by molar-refractivity contribution is 6.07. The molecule has 6 heteroatoms. The fourth-order valence-corrected chi connectivity index (χ4v) is 3.45. The van der Waals surface area contributed by atoms with E-state index in [1.807, 2.05) is 42.8 Å². The van der Waals surface area contributed by atoms with E-state index in [2.05, 4.69) is 11.1 Å². The van der Waals surface area contributed by atoms with Crippen molar-refractivity contribution < 1.29 is 9.53 Å². The smallest absolute Gasteiger partial charge is 0.234 e. The molecular formula is C19H20N4O2. The van der Waals surface area contributed by atoms with Crippen molar-refractivity contribution in [1.82, 2.24) is 14.5 Å². The van der Waals surface area contributed by atoms with E-state index >= 15 is 0 Å². The molecule has 0 saturated heterocycles. The van der Waals surface area contributed by atoms with Gasteiger partial charge in [-0.1, -0.05) is 6.07 Å². The summed E-state index contributed by atoms with van der Waals surface area (Å²) in [6, 6.07) is 9.89. The van der Waals surface area contributed by atoms with Gasteiger partial charge in [0, 0.05) is 26.9 Å². The van der Waals surface area contributed by atoms with E-state index in [0.29, 0.717) is 13.2 Å². The average molecular weight is 336 g/mol. The summed E-state index contributed by atoms with van der Waals surface area (Å²) >= 11 is 0. The number of nitrogens with zero attached hydrogens (tertiary/aromatic N) is 4. The Morgan fingerprint density at radius 3 is 2.84 bits per heavy atom. The normalized spacial score (nSPS) is 16.7. The second kappa shape index (κ2) is 5.97. The maximum absolute atomic E-state index is 12.6. The summed E-state index contributed by atoms with van der Waals surface area (Å²) in [5.74, 6) is 0.790. The summed E-state index contributed by atoms with van der Waals surface area (Å²) in [7, 11) is 3.63. The Morgan fingerprint density at radius 2 is 2.12 bits per heavy atom. The van der Waals surface area contributed by atoms with Gasteiger partial charge in [0.25, 0.3) is 0 Å². The number of carbonyl (C=O) groups excluding carboxylic acids is 1. The second-order valence-electron chi connectivity index (χ2n) is 6.31. The van der Waals surface area contributed by atoms with Crippen LogP contribution in [0, 0.1) is 0 Å². The molecule has 1 amide bonds. The van der Waals surface area contributed by atoms with Gasteiger partial charge in [-0.2, -0.15) is 0 Å². The standard InChI is InChI=1S/C19H20N4O2/c1-12-13-10-17-15(11-16(13)23(19(12)24)8-9-25-3)21-18(22(17)2)14-6-4-5-7-20-14/h4-7,10-12H,8-9H2,1-3H3. The number of imidazole rings is 1. The predicted octanol–water partition coefficient (Wildman–Crippen LogP) is 2.73. The number of aryl methyl sites for hydroxylation is 1. The summed E-state index contributed by atoms with van der Waals surface area (Å²) in [5.41, 5.74) is 4.69. The van der Waals surface area contributed by atoms with E-state index in [4.69, 9.17) is 9.72 Å². The van der Waals surface area contributed by atoms with Crippen molar-refractivity contribution >= 4 is 22.6 Å². The van der Waals surface area contributed by atoms with Gasteiger partial charge in [-0.05, 0) is 36.8 Å². The lowest BCUT2D eigenvalue weighted by Gasteiger charge is -2.17. The van der Waals surface area contributed by atoms with E-state index in [9.17, 15) is 4.79 Å². The number of amides is 1. The molecule has 0 aliphatic carbocycles. The first-order valence-corrected chi connectivity index (χ1v) is 8.34. The molecule has 0 bridgehead atoms. The third kappa shape index (κ3) is 2.41. The van der Waals surface area contributed by atoms with Crippen molar-refractivity contribution in [2.45, 2.75) is 12.8 Å². The molecule has 128 valence electrons. The van der Waals surface area contributed by atoms with Gasteiger partial charge in [-0.15, -0.1) is 0 Å². The van der Waals surface area contributed by atoms with Crippen LogP contribution in [0.3, 0.4) is 0 Å². The van der Waals surface area contributed by atoms with E-state index in [-0.39, 0.29) is 11.8 Å². The van der Waals surface area contributed by atoms with Crippen molar-refractivity contribution in [2.75, 3.05) is 25.2 Å². The number of aromatic nitrogens is 3. The summed E-state index contributed by atoms with van der Waals surface area (Å²) in [4.78, 5) is 23.5. The zero-order chi connectivity index (χ0) is 17.6. The third-order valence-corrected chi connectivity index (χ3v) is 4.84. The molecule has 25 heavy (non-hydrogen) atoms. The van der Waals surface area contributed by atoms with E-state index in [1.54, 1.807) is 18.2 Å². The molecule has 4 rings (SSSR count). The SMILES string of the molecule is COCCN1C(=O)C(C)c2cc3c(cc21)nc(-c1ccccn1)n3C. The lowest BCUT2D eigenvalue weighted by Crippen LogP contribution is -2.31. The first-order valence-electron chi connectivity index (χ1n) is 8.34. The van der Waals surface area contributed by atoms with Crippen LogP contribution in [0.2, 0.25) is 0 Å². The number of hydrogen-bond donors (Lipinski definition) is 0. The molecular weight excluding hydrogens is 316 g/mol. The van der Waals surface area contributed by atoms with Crippen LogP contribution in [-0.2, 0) is 16.6 Å². The van der Waals surface area contributed by atoms with Crippen LogP contribution < -0.4 is 4.90 Å². The van der Waals surface area contributed by atoms with Gasteiger partial charge in [0.1, 0.15) is 5.69 Å². The Kier molecular flexibility index (Phi) is 3.77. The molecule has 6 nitrogen and oxygen atoms in total. The van der Waals surface area contributed by atoms with E-state index < -0.39 is 0 Å². The number of ether oxygens (including phenoxy) is 1. The Morgan fingerprint density at radius 1 is 1.28 bits per heavy atom. The van der Waals surface area contributed by atoms with Crippen LogP contribution in [0.15, 0.2) is 36.5 Å². The minimum Gasteiger partial charge on any atom is -0.383 e. The number of methoxy groups -OCH3 is 1. The topological polar surface area (TPSA) is 60.2 Å². The van der Waals surface area contributed by atoms with Gasteiger partial charge in [0.05, 0.1) is 29.2 Å². The molecule has 0 saturated carbocycles. The summed E-state index contributed by atoms with van der Waals surface area (Å²) in [6.45, 7) is 3.02. The van der Waals surface area contributed by atoms with Crippen molar-refractivity contribution in [2.24, 2.45) is 7.05 Å². The molecule has 1 unspecified atom stereocenters. The minimum atomic E-state index is -0.149. The number of benzene rings is 1. The average Bonchev–Trinajstić information content (AvgIpc) is 3.08. The molecule has 3 heterocycles. The van der Waals surface area contributed by atoms with Gasteiger partial charge in [0.15, 0.2) is 5.82 Å². The molecule has 0 radical (unpaired) electrons. The zero-order valence-electron chi connectivity index (χ0n) is 14.6. The molecule has 1 aliphatic heterocycles. The maximum Gasteiger partial charge on any atom is 0.234 e. The highest BCUT2D eigenvalue weighted by Gasteiger charge is 2.34. The molecule has 1 atom stereocenters. The molecule has 1 aromatic carbocycles. The monoisotopic (exact) mass is 336 g/mol. The predicted molar refractivity (Wildman–Crippen MR) is 96.6 cm³/mol. The van der Waals surface area contributed by atoms with Crippen LogP contribution in [0.4, 0.5) is 5.69 Å². The van der Waals surface area contributed by atoms with Gasteiger partial charge in [-0.25, -0.2) is 4.98 Å². The largest absolute Gasteiger partial charge is 0.383 e. The number of fused-ring (bicyclic) bond motifs is 2.